The summed E-state index contributed by atoms with van der Waals surface area (Å²) in [5, 5.41) is 18.9. The second kappa shape index (κ2) is 16.1. The molecular weight excluding hydrogens is 451 g/mol. The summed E-state index contributed by atoms with van der Waals surface area (Å²) in [6, 6.07) is 2.51. The van der Waals surface area contributed by atoms with Crippen molar-refractivity contribution in [2.75, 3.05) is 13.1 Å². The fourth-order valence-corrected chi connectivity index (χ4v) is 6.26. The van der Waals surface area contributed by atoms with Crippen LogP contribution in [0.4, 0.5) is 0 Å². The molecule has 0 aromatic carbocycles. The molecule has 2 unspecified atom stereocenters. The molecule has 30 heavy (non-hydrogen) atoms. The first-order chi connectivity index (χ1) is 13.6. The third kappa shape index (κ3) is 9.12. The van der Waals surface area contributed by atoms with Gasteiger partial charge in [0.2, 0.25) is 0 Å². The van der Waals surface area contributed by atoms with Crippen LogP contribution in [0.1, 0.15) is 79.1 Å². The van der Waals surface area contributed by atoms with E-state index in [1.165, 1.54) is 12.1 Å². The molecule has 0 aliphatic carbocycles. The Labute approximate surface area is 226 Å². The van der Waals surface area contributed by atoms with E-state index in [2.05, 4.69) is 9.44 Å². The summed E-state index contributed by atoms with van der Waals surface area (Å²) in [7, 11) is -9.53. The molecule has 2 N–H and O–H groups in total. The summed E-state index contributed by atoms with van der Waals surface area (Å²) in [6.07, 6.45) is 6.71. The summed E-state index contributed by atoms with van der Waals surface area (Å²) in [6.45, 7) is 7.86. The number of unbranched alkanes of at least 4 members (excludes halogenated alkanes) is 2. The molecule has 0 amide bonds. The molecule has 11 heteroatoms. The summed E-state index contributed by atoms with van der Waals surface area (Å²) < 4.78 is 52.3. The summed E-state index contributed by atoms with van der Waals surface area (Å²) in [5.74, 6) is 0.0166. The molecule has 170 valence electrons. The quantitative estimate of drug-likeness (QED) is 0.320. The Hall–Kier alpha value is 0.436. The van der Waals surface area contributed by atoms with Gasteiger partial charge in [0.15, 0.2) is 0 Å². The molecular formula is C19H37KN4O4S2. The predicted molar refractivity (Wildman–Crippen MR) is 122 cm³/mol. The van der Waals surface area contributed by atoms with Crippen LogP contribution in [-0.2, 0) is 20.0 Å². The van der Waals surface area contributed by atoms with Crippen LogP contribution in [0, 0.1) is 34.5 Å². The van der Waals surface area contributed by atoms with Crippen LogP contribution in [0.25, 0.3) is 0 Å². The van der Waals surface area contributed by atoms with E-state index in [0.29, 0.717) is 12.8 Å². The van der Waals surface area contributed by atoms with Gasteiger partial charge in [0.1, 0.15) is 12.1 Å². The van der Waals surface area contributed by atoms with Crippen molar-refractivity contribution < 1.29 is 16.8 Å². The van der Waals surface area contributed by atoms with Crippen LogP contribution in [0.15, 0.2) is 0 Å². The van der Waals surface area contributed by atoms with Gasteiger partial charge in [-0.3, -0.25) is 0 Å². The first-order valence-corrected chi connectivity index (χ1v) is 13.4. The minimum absolute atomic E-state index is 0. The zero-order chi connectivity index (χ0) is 22.6. The van der Waals surface area contributed by atoms with Crippen LogP contribution >= 0.6 is 0 Å². The zero-order valence-corrected chi connectivity index (χ0v) is 19.7. The van der Waals surface area contributed by atoms with E-state index in [1.807, 2.05) is 27.7 Å². The van der Waals surface area contributed by atoms with Gasteiger partial charge >= 0.3 is 55.5 Å². The fraction of sp³-hybridized carbons (Fsp3) is 0.895. The Morgan fingerprint density at radius 1 is 0.767 bits per heavy atom. The van der Waals surface area contributed by atoms with E-state index in [0.717, 1.165) is 38.5 Å². The van der Waals surface area contributed by atoms with Gasteiger partial charge in [0, 0.05) is 13.1 Å². The number of sulfonamides is 2. The normalized spacial score (nSPS) is 14.2. The maximum atomic E-state index is 12.8. The van der Waals surface area contributed by atoms with Crippen LogP contribution in [0.5, 0.6) is 0 Å². The Morgan fingerprint density at radius 3 is 1.33 bits per heavy atom. The Kier molecular flexibility index (Phi) is 17.5. The molecule has 8 nitrogen and oxygen atoms in total. The fourth-order valence-electron chi connectivity index (χ4n) is 2.95. The number of nitrogens with one attached hydrogen (secondary N) is 2. The topological polar surface area (TPSA) is 140 Å². The molecule has 0 radical (unpaired) electrons. The van der Waals surface area contributed by atoms with Gasteiger partial charge in [-0.2, -0.15) is 10.5 Å². The number of rotatable bonds is 16. The van der Waals surface area contributed by atoms with E-state index in [4.69, 9.17) is 0 Å². The molecule has 0 bridgehead atoms. The zero-order valence-electron chi connectivity index (χ0n) is 18.1. The van der Waals surface area contributed by atoms with Crippen molar-refractivity contribution in [1.82, 2.24) is 9.44 Å². The number of nitriles is 2. The van der Waals surface area contributed by atoms with Gasteiger partial charge in [0.05, 0.1) is 0 Å². The second-order valence-electron chi connectivity index (χ2n) is 7.38. The number of hydrogen-bond acceptors (Lipinski definition) is 6. The molecule has 0 heterocycles. The summed E-state index contributed by atoms with van der Waals surface area (Å²) >= 11 is 0. The SMILES string of the molecule is CCCCC(CC)CNS(=O)(=O)C(C#N)(C#N)S(=O)(=O)NCC(CC)CCCC.[KH]. The Balaban J connectivity index is 0. The van der Waals surface area contributed by atoms with Crippen molar-refractivity contribution in [2.45, 2.75) is 83.1 Å². The van der Waals surface area contributed by atoms with E-state index >= 15 is 0 Å². The summed E-state index contributed by atoms with van der Waals surface area (Å²) in [5.41, 5.74) is 0. The van der Waals surface area contributed by atoms with Crippen molar-refractivity contribution in [3.8, 4) is 12.1 Å². The number of hydrogen-bond donors (Lipinski definition) is 2. The van der Waals surface area contributed by atoms with Gasteiger partial charge in [-0.05, 0) is 24.7 Å². The molecule has 2 atom stereocenters. The molecule has 0 aliphatic rings. The number of nitrogens with zero attached hydrogens (tertiary/aromatic N) is 2. The second-order valence-corrected chi connectivity index (χ2v) is 11.5. The van der Waals surface area contributed by atoms with Gasteiger partial charge in [-0.1, -0.05) is 66.2 Å². The Bertz CT molecular complexity index is 707. The molecule has 0 spiro atoms. The van der Waals surface area contributed by atoms with Gasteiger partial charge in [0.25, 0.3) is 20.0 Å². The average Bonchev–Trinajstić information content (AvgIpc) is 2.69. The van der Waals surface area contributed by atoms with Crippen LogP contribution < -0.4 is 9.44 Å². The van der Waals surface area contributed by atoms with Crippen molar-refractivity contribution >= 4 is 71.4 Å². The van der Waals surface area contributed by atoms with Crippen LogP contribution in [-0.4, -0.2) is 85.4 Å². The van der Waals surface area contributed by atoms with Crippen molar-refractivity contribution in [1.29, 1.82) is 10.5 Å². The molecule has 0 saturated heterocycles. The first kappa shape index (κ1) is 32.6. The van der Waals surface area contributed by atoms with E-state index in [9.17, 15) is 27.4 Å². The molecule has 0 rings (SSSR count). The molecule has 0 saturated carbocycles. The maximum absolute atomic E-state index is 12.8. The molecule has 0 aliphatic heterocycles. The van der Waals surface area contributed by atoms with Crippen molar-refractivity contribution in [3.63, 3.8) is 0 Å². The Morgan fingerprint density at radius 2 is 1.10 bits per heavy atom. The van der Waals surface area contributed by atoms with Crippen LogP contribution in [0.3, 0.4) is 0 Å². The first-order valence-electron chi connectivity index (χ1n) is 10.4. The molecule has 0 aromatic heterocycles. The van der Waals surface area contributed by atoms with Gasteiger partial charge < -0.3 is 0 Å². The van der Waals surface area contributed by atoms with Crippen molar-refractivity contribution in [2.24, 2.45) is 11.8 Å². The third-order valence-electron chi connectivity index (χ3n) is 5.26. The third-order valence-corrected chi connectivity index (χ3v) is 9.55. The monoisotopic (exact) mass is 488 g/mol. The predicted octanol–water partition coefficient (Wildman–Crippen LogP) is 2.35. The standard InChI is InChI=1S/C19H36N4O4S2.K.H/c1-5-9-11-17(7-3)13-22-28(24,25)19(15-20,16-21)29(26,27)23-14-18(8-4)12-10-6-2;;/h17-18,22-23H,5-14H2,1-4H3;;. The van der Waals surface area contributed by atoms with E-state index < -0.39 is 24.1 Å². The summed E-state index contributed by atoms with van der Waals surface area (Å²) in [4.78, 5) is 0. The van der Waals surface area contributed by atoms with Crippen LogP contribution in [0.2, 0.25) is 0 Å². The molecule has 0 aromatic rings. The minimum atomic E-state index is -4.77. The van der Waals surface area contributed by atoms with Gasteiger partial charge in [-0.25, -0.2) is 26.3 Å². The van der Waals surface area contributed by atoms with E-state index in [-0.39, 0.29) is 76.3 Å². The van der Waals surface area contributed by atoms with E-state index in [1.54, 1.807) is 0 Å². The van der Waals surface area contributed by atoms with Crippen molar-refractivity contribution in [3.05, 3.63) is 0 Å². The van der Waals surface area contributed by atoms with Gasteiger partial charge in [-0.15, -0.1) is 0 Å². The molecule has 0 fully saturated rings. The average molecular weight is 489 g/mol.